The van der Waals surface area contributed by atoms with Crippen molar-refractivity contribution in [3.63, 3.8) is 0 Å². The molecular weight excluding hydrogens is 576 g/mol. The summed E-state index contributed by atoms with van der Waals surface area (Å²) < 4.78 is 5.95. The van der Waals surface area contributed by atoms with Gasteiger partial charge in [0.25, 0.3) is 0 Å². The lowest BCUT2D eigenvalue weighted by molar-refractivity contribution is -0.150. The van der Waals surface area contributed by atoms with Crippen LogP contribution in [0, 0.1) is 25.7 Å². The number of benzene rings is 4. The minimum absolute atomic E-state index is 0.249. The third-order valence-electron chi connectivity index (χ3n) is 8.26. The molecule has 5 rings (SSSR count). The van der Waals surface area contributed by atoms with E-state index < -0.39 is 41.0 Å². The summed E-state index contributed by atoms with van der Waals surface area (Å²) in [6, 6.07) is 28.9. The molecule has 0 aliphatic heterocycles. The molecule has 0 spiro atoms. The van der Waals surface area contributed by atoms with Gasteiger partial charge in [-0.1, -0.05) is 78.3 Å². The quantitative estimate of drug-likeness (QED) is 0.189. The molecule has 7 nitrogen and oxygen atoms in total. The van der Waals surface area contributed by atoms with Gasteiger partial charge in [0.2, 0.25) is 11.8 Å². The molecule has 1 fully saturated rings. The molecule has 0 saturated heterocycles. The molecule has 4 aromatic carbocycles. The molecule has 0 bridgehead atoms. The molecule has 8 heteroatoms. The molecule has 2 amide bonds. The molecule has 4 aromatic rings. The number of carbonyl (C=O) groups is 3. The minimum Gasteiger partial charge on any atom is -0.489 e. The zero-order valence-corrected chi connectivity index (χ0v) is 25.6. The Kier molecular flexibility index (Phi) is 9.18. The van der Waals surface area contributed by atoms with E-state index in [2.05, 4.69) is 10.6 Å². The van der Waals surface area contributed by atoms with Crippen molar-refractivity contribution in [2.24, 2.45) is 11.8 Å². The SMILES string of the molecule is Cc1ccccc1NC(=O)C1C(=O)CC(C)(O)C(C(=O)Nc2ccccc2C)C1c1ccc(OCc2ccccc2Cl)cc1. The van der Waals surface area contributed by atoms with Crippen molar-refractivity contribution in [3.8, 4) is 5.75 Å². The Morgan fingerprint density at radius 3 is 1.98 bits per heavy atom. The van der Waals surface area contributed by atoms with E-state index in [-0.39, 0.29) is 13.0 Å². The van der Waals surface area contributed by atoms with E-state index in [0.717, 1.165) is 16.7 Å². The average Bonchev–Trinajstić information content (AvgIpc) is 2.98. The first-order valence-corrected chi connectivity index (χ1v) is 14.9. The van der Waals surface area contributed by atoms with Gasteiger partial charge in [0, 0.05) is 34.3 Å². The predicted molar refractivity (Wildman–Crippen MR) is 172 cm³/mol. The highest BCUT2D eigenvalue weighted by Gasteiger charge is 2.56. The third kappa shape index (κ3) is 6.69. The highest BCUT2D eigenvalue weighted by molar-refractivity contribution is 6.31. The second kappa shape index (κ2) is 13.0. The molecule has 3 N–H and O–H groups in total. The van der Waals surface area contributed by atoms with Gasteiger partial charge < -0.3 is 20.5 Å². The number of hydrogen-bond acceptors (Lipinski definition) is 5. The van der Waals surface area contributed by atoms with Gasteiger partial charge in [-0.05, 0) is 67.8 Å². The number of rotatable bonds is 8. The number of para-hydroxylation sites is 2. The minimum atomic E-state index is -1.72. The van der Waals surface area contributed by atoms with Crippen LogP contribution in [0.3, 0.4) is 0 Å². The highest BCUT2D eigenvalue weighted by atomic mass is 35.5. The maximum Gasteiger partial charge on any atom is 0.235 e. The van der Waals surface area contributed by atoms with Crippen molar-refractivity contribution < 1.29 is 24.2 Å². The van der Waals surface area contributed by atoms with Gasteiger partial charge in [-0.25, -0.2) is 0 Å². The highest BCUT2D eigenvalue weighted by Crippen LogP contribution is 2.47. The van der Waals surface area contributed by atoms with Crippen LogP contribution in [0.5, 0.6) is 5.75 Å². The Bertz CT molecular complexity index is 1680. The molecule has 0 heterocycles. The van der Waals surface area contributed by atoms with Crippen molar-refractivity contribution in [1.82, 2.24) is 0 Å². The van der Waals surface area contributed by atoms with Gasteiger partial charge in [-0.15, -0.1) is 0 Å². The normalized spacial score (nSPS) is 21.4. The Morgan fingerprint density at radius 2 is 1.39 bits per heavy atom. The van der Waals surface area contributed by atoms with E-state index in [0.29, 0.717) is 27.7 Å². The fourth-order valence-corrected chi connectivity index (χ4v) is 6.09. The molecule has 4 atom stereocenters. The van der Waals surface area contributed by atoms with Crippen LogP contribution in [0.4, 0.5) is 11.4 Å². The summed E-state index contributed by atoms with van der Waals surface area (Å²) >= 11 is 6.27. The van der Waals surface area contributed by atoms with Crippen LogP contribution in [0.2, 0.25) is 5.02 Å². The smallest absolute Gasteiger partial charge is 0.235 e. The zero-order valence-electron chi connectivity index (χ0n) is 24.8. The fourth-order valence-electron chi connectivity index (χ4n) is 5.90. The summed E-state index contributed by atoms with van der Waals surface area (Å²) in [7, 11) is 0. The number of ether oxygens (including phenoxy) is 1. The Morgan fingerprint density at radius 1 is 0.841 bits per heavy atom. The Balaban J connectivity index is 1.51. The lowest BCUT2D eigenvalue weighted by Crippen LogP contribution is -2.56. The number of hydrogen-bond donors (Lipinski definition) is 3. The Hall–Kier alpha value is -4.46. The van der Waals surface area contributed by atoms with Crippen LogP contribution >= 0.6 is 11.6 Å². The van der Waals surface area contributed by atoms with Crippen LogP contribution in [-0.2, 0) is 21.0 Å². The predicted octanol–water partition coefficient (Wildman–Crippen LogP) is 6.85. The lowest BCUT2D eigenvalue weighted by Gasteiger charge is -2.44. The van der Waals surface area contributed by atoms with E-state index in [4.69, 9.17) is 16.3 Å². The number of halogens is 1. The topological polar surface area (TPSA) is 105 Å². The van der Waals surface area contributed by atoms with Crippen LogP contribution in [0.1, 0.15) is 41.5 Å². The fraction of sp³-hybridized carbons (Fsp3) is 0.250. The van der Waals surface area contributed by atoms with Crippen LogP contribution in [0.25, 0.3) is 0 Å². The number of anilines is 2. The number of amides is 2. The van der Waals surface area contributed by atoms with Gasteiger partial charge >= 0.3 is 0 Å². The van der Waals surface area contributed by atoms with Gasteiger partial charge in [0.05, 0.1) is 11.5 Å². The van der Waals surface area contributed by atoms with Gasteiger partial charge in [0.15, 0.2) is 0 Å². The summed E-state index contributed by atoms with van der Waals surface area (Å²) in [5.74, 6) is -4.21. The maximum absolute atomic E-state index is 14.0. The molecule has 0 radical (unpaired) electrons. The summed E-state index contributed by atoms with van der Waals surface area (Å²) in [6.07, 6.45) is -0.347. The van der Waals surface area contributed by atoms with Crippen molar-refractivity contribution in [2.45, 2.75) is 45.3 Å². The van der Waals surface area contributed by atoms with E-state index in [1.54, 1.807) is 48.5 Å². The molecule has 4 unspecified atom stereocenters. The van der Waals surface area contributed by atoms with Crippen LogP contribution in [-0.4, -0.2) is 28.3 Å². The van der Waals surface area contributed by atoms with E-state index in [1.807, 2.05) is 62.4 Å². The van der Waals surface area contributed by atoms with Gasteiger partial charge in [-0.3, -0.25) is 14.4 Å². The number of aliphatic hydroxyl groups is 1. The summed E-state index contributed by atoms with van der Waals surface area (Å²) in [4.78, 5) is 41.6. The number of ketones is 1. The van der Waals surface area contributed by atoms with Crippen LogP contribution in [0.15, 0.2) is 97.1 Å². The Labute approximate surface area is 262 Å². The average molecular weight is 611 g/mol. The van der Waals surface area contributed by atoms with Gasteiger partial charge in [0.1, 0.15) is 24.1 Å². The number of carbonyl (C=O) groups excluding carboxylic acids is 3. The van der Waals surface area contributed by atoms with Gasteiger partial charge in [-0.2, -0.15) is 0 Å². The molecule has 44 heavy (non-hydrogen) atoms. The monoisotopic (exact) mass is 610 g/mol. The number of nitrogens with one attached hydrogen (secondary N) is 2. The van der Waals surface area contributed by atoms with E-state index in [9.17, 15) is 19.5 Å². The third-order valence-corrected chi connectivity index (χ3v) is 8.62. The molecule has 1 aliphatic carbocycles. The van der Waals surface area contributed by atoms with E-state index in [1.165, 1.54) is 6.92 Å². The largest absolute Gasteiger partial charge is 0.489 e. The first kappa shape index (κ1) is 31.0. The first-order chi connectivity index (χ1) is 21.0. The van der Waals surface area contributed by atoms with Crippen molar-refractivity contribution in [1.29, 1.82) is 0 Å². The van der Waals surface area contributed by atoms with Crippen molar-refractivity contribution in [2.75, 3.05) is 10.6 Å². The molecule has 1 aliphatic rings. The number of aryl methyl sites for hydroxylation is 2. The van der Waals surface area contributed by atoms with E-state index >= 15 is 0 Å². The lowest BCUT2D eigenvalue weighted by atomic mass is 9.61. The molecular formula is C36H35ClN2O5. The first-order valence-electron chi connectivity index (χ1n) is 14.5. The number of Topliss-reactive ketones (excluding diaryl/α,β-unsaturated/α-hetero) is 1. The van der Waals surface area contributed by atoms with Crippen LogP contribution < -0.4 is 15.4 Å². The van der Waals surface area contributed by atoms with Crippen molar-refractivity contribution >= 4 is 40.6 Å². The maximum atomic E-state index is 14.0. The summed E-state index contributed by atoms with van der Waals surface area (Å²) in [5, 5.41) is 18.1. The summed E-state index contributed by atoms with van der Waals surface area (Å²) in [6.45, 7) is 5.46. The standard InChI is InChI=1S/C36H35ClN2O5/c1-22-10-4-8-14-28(22)38-34(41)32-30(40)20-36(3,43)33(35(42)39-29-15-9-5-11-23(29)2)31(32)24-16-18-26(19-17-24)44-21-25-12-6-7-13-27(25)37/h4-19,31-33,43H,20-21H2,1-3H3,(H,38,41)(H,39,42). The summed E-state index contributed by atoms with van der Waals surface area (Å²) in [5.41, 5.74) is 2.51. The zero-order chi connectivity index (χ0) is 31.4. The molecule has 0 aromatic heterocycles. The molecule has 226 valence electrons. The second-order valence-corrected chi connectivity index (χ2v) is 11.9. The molecule has 1 saturated carbocycles. The van der Waals surface area contributed by atoms with Crippen molar-refractivity contribution in [3.05, 3.63) is 124 Å². The second-order valence-electron chi connectivity index (χ2n) is 11.5.